The molecule has 0 saturated carbocycles. The first-order chi connectivity index (χ1) is 10.8. The largest absolute Gasteiger partial charge is 0.471 e. The van der Waals surface area contributed by atoms with E-state index in [1.165, 1.54) is 6.07 Å². The second-order valence-corrected chi connectivity index (χ2v) is 4.62. The summed E-state index contributed by atoms with van der Waals surface area (Å²) in [6, 6.07) is 20.3. The van der Waals surface area contributed by atoms with Gasteiger partial charge in [0.15, 0.2) is 0 Å². The molecular weight excluding hydrogens is 280 g/mol. The number of rotatable bonds is 5. The third kappa shape index (κ3) is 3.52. The van der Waals surface area contributed by atoms with E-state index in [1.807, 2.05) is 48.5 Å². The Bertz CT molecular complexity index is 739. The molecule has 1 aromatic heterocycles. The minimum atomic E-state index is -0.367. The number of carbonyl (C=O) groups excluding carboxylic acids is 1. The van der Waals surface area contributed by atoms with Gasteiger partial charge in [-0.3, -0.25) is 4.79 Å². The van der Waals surface area contributed by atoms with Crippen LogP contribution in [0.4, 0.5) is 5.69 Å². The maximum atomic E-state index is 12.0. The van der Waals surface area contributed by atoms with Crippen molar-refractivity contribution >= 4 is 11.6 Å². The second kappa shape index (κ2) is 6.58. The van der Waals surface area contributed by atoms with E-state index in [-0.39, 0.29) is 17.5 Å². The molecule has 3 rings (SSSR count). The Kier molecular flexibility index (Phi) is 4.15. The molecule has 110 valence electrons. The molecule has 0 radical (unpaired) electrons. The van der Waals surface area contributed by atoms with Gasteiger partial charge in [-0.2, -0.15) is 0 Å². The summed E-state index contributed by atoms with van der Waals surface area (Å²) in [5, 5.41) is 6.45. The molecule has 0 aliphatic rings. The van der Waals surface area contributed by atoms with Crippen molar-refractivity contribution in [2.75, 3.05) is 5.32 Å². The predicted octanol–water partition coefficient (Wildman–Crippen LogP) is 3.51. The van der Waals surface area contributed by atoms with E-state index in [0.29, 0.717) is 12.3 Å². The molecule has 0 bridgehead atoms. The van der Waals surface area contributed by atoms with Gasteiger partial charge in [0.1, 0.15) is 6.61 Å². The van der Waals surface area contributed by atoms with Crippen molar-refractivity contribution in [1.82, 2.24) is 5.16 Å². The molecule has 1 N–H and O–H groups in total. The van der Waals surface area contributed by atoms with Gasteiger partial charge in [0.2, 0.25) is 5.76 Å². The number of nitrogens with zero attached hydrogens (tertiary/aromatic N) is 1. The Morgan fingerprint density at radius 1 is 1.05 bits per heavy atom. The van der Waals surface area contributed by atoms with Crippen molar-refractivity contribution in [3.8, 4) is 5.88 Å². The molecule has 0 unspecified atom stereocenters. The number of benzene rings is 2. The van der Waals surface area contributed by atoms with E-state index in [9.17, 15) is 4.79 Å². The second-order valence-electron chi connectivity index (χ2n) is 4.62. The van der Waals surface area contributed by atoms with Crippen LogP contribution in [0.5, 0.6) is 5.88 Å². The number of anilines is 1. The van der Waals surface area contributed by atoms with Crippen molar-refractivity contribution < 1.29 is 14.1 Å². The zero-order chi connectivity index (χ0) is 15.2. The van der Waals surface area contributed by atoms with Gasteiger partial charge in [0, 0.05) is 5.69 Å². The molecule has 0 spiro atoms. The number of hydrogen-bond acceptors (Lipinski definition) is 4. The quantitative estimate of drug-likeness (QED) is 0.782. The number of ether oxygens (including phenoxy) is 1. The zero-order valence-corrected chi connectivity index (χ0v) is 11.7. The maximum Gasteiger partial charge on any atom is 0.294 e. The van der Waals surface area contributed by atoms with Crippen molar-refractivity contribution in [2.45, 2.75) is 6.61 Å². The highest BCUT2D eigenvalue weighted by atomic mass is 16.5. The van der Waals surface area contributed by atoms with Crippen LogP contribution in [0.15, 0.2) is 71.3 Å². The molecule has 5 heteroatoms. The summed E-state index contributed by atoms with van der Waals surface area (Å²) < 4.78 is 10.5. The Labute approximate surface area is 127 Å². The smallest absolute Gasteiger partial charge is 0.294 e. The van der Waals surface area contributed by atoms with Crippen LogP contribution in [0, 0.1) is 0 Å². The number of nitrogens with one attached hydrogen (secondary N) is 1. The van der Waals surface area contributed by atoms with E-state index in [0.717, 1.165) is 5.56 Å². The van der Waals surface area contributed by atoms with Gasteiger partial charge in [0.25, 0.3) is 11.8 Å². The molecule has 0 aliphatic carbocycles. The number of amides is 1. The average molecular weight is 294 g/mol. The lowest BCUT2D eigenvalue weighted by molar-refractivity contribution is 0.0987. The molecule has 1 heterocycles. The summed E-state index contributed by atoms with van der Waals surface area (Å²) in [5.74, 6) is 0.0160. The molecular formula is C17H14N2O3. The van der Waals surface area contributed by atoms with Crippen molar-refractivity contribution in [2.24, 2.45) is 0 Å². The fourth-order valence-electron chi connectivity index (χ4n) is 1.88. The summed E-state index contributed by atoms with van der Waals surface area (Å²) >= 11 is 0. The first-order valence-electron chi connectivity index (χ1n) is 6.81. The molecule has 5 nitrogen and oxygen atoms in total. The lowest BCUT2D eigenvalue weighted by Gasteiger charge is -2.01. The molecule has 0 saturated heterocycles. The van der Waals surface area contributed by atoms with Gasteiger partial charge in [-0.25, -0.2) is 0 Å². The fourth-order valence-corrected chi connectivity index (χ4v) is 1.88. The van der Waals surface area contributed by atoms with E-state index < -0.39 is 0 Å². The topological polar surface area (TPSA) is 64.4 Å². The summed E-state index contributed by atoms with van der Waals surface area (Å²) in [4.78, 5) is 12.0. The Morgan fingerprint density at radius 2 is 1.73 bits per heavy atom. The Hall–Kier alpha value is -3.08. The highest BCUT2D eigenvalue weighted by Crippen LogP contribution is 2.15. The lowest BCUT2D eigenvalue weighted by Crippen LogP contribution is -2.10. The van der Waals surface area contributed by atoms with Crippen LogP contribution in [-0.2, 0) is 6.61 Å². The minimum absolute atomic E-state index is 0.104. The van der Waals surface area contributed by atoms with Gasteiger partial charge in [-0.05, 0) is 22.9 Å². The van der Waals surface area contributed by atoms with E-state index in [2.05, 4.69) is 10.5 Å². The molecule has 0 aliphatic heterocycles. The number of carbonyl (C=O) groups is 1. The van der Waals surface area contributed by atoms with Crippen LogP contribution in [-0.4, -0.2) is 11.1 Å². The lowest BCUT2D eigenvalue weighted by atomic mass is 10.2. The molecule has 3 aromatic rings. The normalized spacial score (nSPS) is 10.2. The monoisotopic (exact) mass is 294 g/mol. The van der Waals surface area contributed by atoms with Crippen molar-refractivity contribution in [1.29, 1.82) is 0 Å². The molecule has 1 amide bonds. The SMILES string of the molecule is O=C(Nc1ccccc1)c1cc(OCc2ccccc2)no1. The van der Waals surface area contributed by atoms with E-state index >= 15 is 0 Å². The zero-order valence-electron chi connectivity index (χ0n) is 11.7. The van der Waals surface area contributed by atoms with Crippen LogP contribution >= 0.6 is 0 Å². The van der Waals surface area contributed by atoms with Crippen LogP contribution in [0.1, 0.15) is 16.1 Å². The molecule has 22 heavy (non-hydrogen) atoms. The van der Waals surface area contributed by atoms with E-state index in [4.69, 9.17) is 9.26 Å². The van der Waals surface area contributed by atoms with Gasteiger partial charge in [0.05, 0.1) is 6.07 Å². The van der Waals surface area contributed by atoms with Gasteiger partial charge in [-0.15, -0.1) is 0 Å². The van der Waals surface area contributed by atoms with Gasteiger partial charge in [-0.1, -0.05) is 48.5 Å². The molecule has 2 aromatic carbocycles. The number of para-hydroxylation sites is 1. The Balaban J connectivity index is 1.60. The van der Waals surface area contributed by atoms with Crippen molar-refractivity contribution in [3.63, 3.8) is 0 Å². The summed E-state index contributed by atoms with van der Waals surface area (Å²) in [7, 11) is 0. The van der Waals surface area contributed by atoms with Gasteiger partial charge < -0.3 is 14.6 Å². The minimum Gasteiger partial charge on any atom is -0.471 e. The summed E-state index contributed by atoms with van der Waals surface area (Å²) in [6.45, 7) is 0.368. The highest BCUT2D eigenvalue weighted by molar-refractivity contribution is 6.02. The van der Waals surface area contributed by atoms with Crippen LogP contribution < -0.4 is 10.1 Å². The summed E-state index contributed by atoms with van der Waals surface area (Å²) in [5.41, 5.74) is 1.71. The first-order valence-corrected chi connectivity index (χ1v) is 6.81. The van der Waals surface area contributed by atoms with Crippen molar-refractivity contribution in [3.05, 3.63) is 78.1 Å². The van der Waals surface area contributed by atoms with Crippen LogP contribution in [0.25, 0.3) is 0 Å². The number of aromatic nitrogens is 1. The number of hydrogen-bond donors (Lipinski definition) is 1. The Morgan fingerprint density at radius 3 is 2.45 bits per heavy atom. The van der Waals surface area contributed by atoms with E-state index in [1.54, 1.807) is 12.1 Å². The third-order valence-electron chi connectivity index (χ3n) is 2.97. The summed E-state index contributed by atoms with van der Waals surface area (Å²) in [6.07, 6.45) is 0. The molecule has 0 fully saturated rings. The predicted molar refractivity (Wildman–Crippen MR) is 81.7 cm³/mol. The highest BCUT2D eigenvalue weighted by Gasteiger charge is 2.14. The third-order valence-corrected chi connectivity index (χ3v) is 2.97. The van der Waals surface area contributed by atoms with Gasteiger partial charge >= 0.3 is 0 Å². The standard InChI is InChI=1S/C17H14N2O3/c20-17(18-14-9-5-2-6-10-14)15-11-16(19-22-15)21-12-13-7-3-1-4-8-13/h1-11H,12H2,(H,18,20). The maximum absolute atomic E-state index is 12.0. The molecule has 0 atom stereocenters. The average Bonchev–Trinajstić information content (AvgIpc) is 3.04. The van der Waals surface area contributed by atoms with Crippen LogP contribution in [0.3, 0.4) is 0 Å². The first kappa shape index (κ1) is 13.9. The fraction of sp³-hybridized carbons (Fsp3) is 0.0588. The van der Waals surface area contributed by atoms with Crippen LogP contribution in [0.2, 0.25) is 0 Å².